The van der Waals surface area contributed by atoms with Crippen LogP contribution in [0.25, 0.3) is 11.3 Å². The number of aromatic nitrogens is 1. The lowest BCUT2D eigenvalue weighted by Crippen LogP contribution is -1.97. The molecule has 0 atom stereocenters. The van der Waals surface area contributed by atoms with Gasteiger partial charge in [-0.25, -0.2) is 0 Å². The average molecular weight is 311 g/mol. The Morgan fingerprint density at radius 1 is 1.22 bits per heavy atom. The first-order chi connectivity index (χ1) is 8.75. The first-order valence-corrected chi connectivity index (χ1v) is 6.35. The Hall–Kier alpha value is -1.69. The topological polar surface area (TPSA) is 70.5 Å². The third kappa shape index (κ3) is 1.92. The molecule has 5 nitrogen and oxygen atoms in total. The number of hydrogen-bond acceptors (Lipinski definition) is 5. The number of fused-ring (bicyclic) bond motifs is 1. The van der Waals surface area contributed by atoms with E-state index in [2.05, 4.69) is 21.1 Å². The SMILES string of the molecule is Nc1cc(-c2ccc3c(c2Br)OCCCO3)on1. The van der Waals surface area contributed by atoms with Crippen LogP contribution in [0.3, 0.4) is 0 Å². The Balaban J connectivity index is 2.09. The molecule has 6 heteroatoms. The summed E-state index contributed by atoms with van der Waals surface area (Å²) in [6, 6.07) is 5.42. The number of halogens is 1. The smallest absolute Gasteiger partial charge is 0.176 e. The number of rotatable bonds is 1. The van der Waals surface area contributed by atoms with E-state index in [1.165, 1.54) is 0 Å². The third-order valence-electron chi connectivity index (χ3n) is 2.65. The molecule has 2 N–H and O–H groups in total. The molecule has 0 amide bonds. The zero-order valence-corrected chi connectivity index (χ0v) is 11.1. The van der Waals surface area contributed by atoms with Gasteiger partial charge in [0, 0.05) is 18.1 Å². The van der Waals surface area contributed by atoms with Crippen LogP contribution in [0, 0.1) is 0 Å². The van der Waals surface area contributed by atoms with E-state index in [0.29, 0.717) is 30.5 Å². The fourth-order valence-corrected chi connectivity index (χ4v) is 2.45. The molecule has 1 aliphatic rings. The van der Waals surface area contributed by atoms with E-state index in [-0.39, 0.29) is 0 Å². The second kappa shape index (κ2) is 4.53. The highest BCUT2D eigenvalue weighted by Crippen LogP contribution is 2.43. The summed E-state index contributed by atoms with van der Waals surface area (Å²) in [4.78, 5) is 0. The monoisotopic (exact) mass is 310 g/mol. The summed E-state index contributed by atoms with van der Waals surface area (Å²) in [7, 11) is 0. The summed E-state index contributed by atoms with van der Waals surface area (Å²) in [5.41, 5.74) is 6.39. The molecule has 0 spiro atoms. The van der Waals surface area contributed by atoms with Crippen molar-refractivity contribution < 1.29 is 14.0 Å². The van der Waals surface area contributed by atoms with Crippen molar-refractivity contribution in [1.29, 1.82) is 0 Å². The molecule has 1 aliphatic heterocycles. The molecule has 2 heterocycles. The quantitative estimate of drug-likeness (QED) is 0.877. The first kappa shape index (κ1) is 11.4. The lowest BCUT2D eigenvalue weighted by atomic mass is 10.1. The van der Waals surface area contributed by atoms with Gasteiger partial charge in [0.05, 0.1) is 17.7 Å². The van der Waals surface area contributed by atoms with E-state index in [1.807, 2.05) is 12.1 Å². The van der Waals surface area contributed by atoms with Gasteiger partial charge in [-0.15, -0.1) is 0 Å². The number of hydrogen-bond donors (Lipinski definition) is 1. The maximum Gasteiger partial charge on any atom is 0.176 e. The Morgan fingerprint density at radius 3 is 2.83 bits per heavy atom. The molecular weight excluding hydrogens is 300 g/mol. The molecule has 0 bridgehead atoms. The van der Waals surface area contributed by atoms with Crippen LogP contribution >= 0.6 is 15.9 Å². The van der Waals surface area contributed by atoms with Gasteiger partial charge in [-0.3, -0.25) is 0 Å². The van der Waals surface area contributed by atoms with Crippen molar-refractivity contribution in [2.45, 2.75) is 6.42 Å². The van der Waals surface area contributed by atoms with E-state index < -0.39 is 0 Å². The summed E-state index contributed by atoms with van der Waals surface area (Å²) in [5.74, 6) is 2.37. The van der Waals surface area contributed by atoms with Crippen LogP contribution in [0.1, 0.15) is 6.42 Å². The highest BCUT2D eigenvalue weighted by molar-refractivity contribution is 9.10. The second-order valence-electron chi connectivity index (χ2n) is 3.92. The lowest BCUT2D eigenvalue weighted by molar-refractivity contribution is 0.296. The predicted octanol–water partition coefficient (Wildman–Crippen LogP) is 2.85. The van der Waals surface area contributed by atoms with Gasteiger partial charge in [-0.2, -0.15) is 0 Å². The van der Waals surface area contributed by atoms with E-state index in [1.54, 1.807) is 6.07 Å². The number of nitrogens with two attached hydrogens (primary N) is 1. The Kier molecular flexibility index (Phi) is 2.87. The number of nitrogens with zero attached hydrogens (tertiary/aromatic N) is 1. The molecule has 2 aromatic rings. The largest absolute Gasteiger partial charge is 0.490 e. The van der Waals surface area contributed by atoms with Crippen LogP contribution in [-0.4, -0.2) is 18.4 Å². The van der Waals surface area contributed by atoms with Crippen molar-refractivity contribution in [2.75, 3.05) is 18.9 Å². The molecule has 3 rings (SSSR count). The number of anilines is 1. The number of nitrogen functional groups attached to an aromatic ring is 1. The van der Waals surface area contributed by atoms with Crippen molar-refractivity contribution in [3.63, 3.8) is 0 Å². The lowest BCUT2D eigenvalue weighted by Gasteiger charge is -2.11. The Labute approximate surface area is 112 Å². The summed E-state index contributed by atoms with van der Waals surface area (Å²) in [6.45, 7) is 1.29. The summed E-state index contributed by atoms with van der Waals surface area (Å²) in [5, 5.41) is 3.67. The van der Waals surface area contributed by atoms with E-state index in [9.17, 15) is 0 Å². The van der Waals surface area contributed by atoms with Crippen LogP contribution in [0.4, 0.5) is 5.82 Å². The maximum absolute atomic E-state index is 5.68. The minimum Gasteiger partial charge on any atom is -0.490 e. The standard InChI is InChI=1S/C12H11BrN2O3/c13-11-7(9-6-10(14)15-18-9)2-3-8-12(11)17-5-1-4-16-8/h2-3,6H,1,4-5H2,(H2,14,15). The average Bonchev–Trinajstić information content (AvgIpc) is 2.65. The second-order valence-corrected chi connectivity index (χ2v) is 4.71. The van der Waals surface area contributed by atoms with Crippen molar-refractivity contribution in [3.05, 3.63) is 22.7 Å². The molecule has 0 radical (unpaired) electrons. The fourth-order valence-electron chi connectivity index (χ4n) is 1.81. The molecule has 0 unspecified atom stereocenters. The van der Waals surface area contributed by atoms with Gasteiger partial charge >= 0.3 is 0 Å². The zero-order valence-electron chi connectivity index (χ0n) is 9.48. The van der Waals surface area contributed by atoms with Gasteiger partial charge in [0.25, 0.3) is 0 Å². The Morgan fingerprint density at radius 2 is 2.06 bits per heavy atom. The minimum absolute atomic E-state index is 0.351. The van der Waals surface area contributed by atoms with Gasteiger partial charge in [-0.1, -0.05) is 5.16 Å². The zero-order chi connectivity index (χ0) is 12.5. The van der Waals surface area contributed by atoms with Crippen LogP contribution in [0.15, 0.2) is 27.2 Å². The molecule has 1 aromatic heterocycles. The Bertz CT molecular complexity index is 583. The summed E-state index contributed by atoms with van der Waals surface area (Å²) < 4.78 is 17.2. The maximum atomic E-state index is 5.68. The predicted molar refractivity (Wildman–Crippen MR) is 69.7 cm³/mol. The van der Waals surface area contributed by atoms with E-state index >= 15 is 0 Å². The molecule has 18 heavy (non-hydrogen) atoms. The van der Waals surface area contributed by atoms with Crippen LogP contribution in [-0.2, 0) is 0 Å². The van der Waals surface area contributed by atoms with Crippen molar-refractivity contribution in [1.82, 2.24) is 5.16 Å². The molecule has 0 fully saturated rings. The van der Waals surface area contributed by atoms with Gasteiger partial charge in [0.1, 0.15) is 0 Å². The van der Waals surface area contributed by atoms with E-state index in [4.69, 9.17) is 19.7 Å². The van der Waals surface area contributed by atoms with Crippen LogP contribution in [0.2, 0.25) is 0 Å². The highest BCUT2D eigenvalue weighted by atomic mass is 79.9. The third-order valence-corrected chi connectivity index (χ3v) is 3.43. The number of benzene rings is 1. The summed E-state index contributed by atoms with van der Waals surface area (Å²) in [6.07, 6.45) is 0.867. The van der Waals surface area contributed by atoms with Gasteiger partial charge in [-0.05, 0) is 28.1 Å². The van der Waals surface area contributed by atoms with Gasteiger partial charge in [0.15, 0.2) is 23.1 Å². The molecule has 0 aliphatic carbocycles. The summed E-state index contributed by atoms with van der Waals surface area (Å²) >= 11 is 3.51. The van der Waals surface area contributed by atoms with Crippen LogP contribution in [0.5, 0.6) is 11.5 Å². The molecule has 94 valence electrons. The first-order valence-electron chi connectivity index (χ1n) is 5.56. The number of ether oxygens (including phenoxy) is 2. The van der Waals surface area contributed by atoms with E-state index in [0.717, 1.165) is 22.2 Å². The molecule has 1 aromatic carbocycles. The van der Waals surface area contributed by atoms with Crippen molar-refractivity contribution in [2.24, 2.45) is 0 Å². The normalized spacial score (nSPS) is 14.3. The van der Waals surface area contributed by atoms with Gasteiger partial charge in [0.2, 0.25) is 0 Å². The fraction of sp³-hybridized carbons (Fsp3) is 0.250. The van der Waals surface area contributed by atoms with Gasteiger partial charge < -0.3 is 19.7 Å². The minimum atomic E-state index is 0.351. The van der Waals surface area contributed by atoms with Crippen molar-refractivity contribution >= 4 is 21.7 Å². The molecular formula is C12H11BrN2O3. The molecule has 0 saturated heterocycles. The highest BCUT2D eigenvalue weighted by Gasteiger charge is 2.19. The van der Waals surface area contributed by atoms with Crippen molar-refractivity contribution in [3.8, 4) is 22.8 Å². The van der Waals surface area contributed by atoms with Crippen LogP contribution < -0.4 is 15.2 Å². The molecule has 0 saturated carbocycles.